The summed E-state index contributed by atoms with van der Waals surface area (Å²) in [5.74, 6) is -0.135. The molecule has 0 fully saturated rings. The first-order chi connectivity index (χ1) is 12.4. The highest BCUT2D eigenvalue weighted by Gasteiger charge is 2.11. The molecule has 6 nitrogen and oxygen atoms in total. The summed E-state index contributed by atoms with van der Waals surface area (Å²) >= 11 is 7.07. The van der Waals surface area contributed by atoms with Gasteiger partial charge in [0.15, 0.2) is 11.7 Å². The van der Waals surface area contributed by atoms with Crippen molar-refractivity contribution in [3.8, 4) is 5.75 Å². The Labute approximate surface area is 170 Å². The minimum absolute atomic E-state index is 0.00507. The average molecular weight is 483 g/mol. The summed E-state index contributed by atoms with van der Waals surface area (Å²) < 4.78 is 6.27. The average Bonchev–Trinajstić information content (AvgIpc) is 2.59. The summed E-state index contributed by atoms with van der Waals surface area (Å²) in [6.07, 6.45) is 0. The number of hydrogen-bond donors (Lipinski definition) is 3. The van der Waals surface area contributed by atoms with E-state index in [4.69, 9.17) is 17.0 Å². The van der Waals surface area contributed by atoms with E-state index in [1.54, 1.807) is 12.1 Å². The number of carbonyl (C=O) groups is 2. The van der Waals surface area contributed by atoms with Gasteiger partial charge in [0.25, 0.3) is 11.8 Å². The standard InChI is InChI=1S/C18H18IN3O3S/c1-11-7-8-15(12(2)9-11)25-10-16(23)21-22-18(26)20-17(24)13-5-3-4-6-14(13)19/h3-9H,10H2,1-2H3,(H,21,23)(H2,20,22,24,26). The molecule has 0 heterocycles. The minimum Gasteiger partial charge on any atom is -0.483 e. The number of thiocarbonyl (C=S) groups is 1. The summed E-state index contributed by atoms with van der Waals surface area (Å²) in [5.41, 5.74) is 7.44. The Balaban J connectivity index is 1.77. The van der Waals surface area contributed by atoms with E-state index < -0.39 is 5.91 Å². The third-order valence-corrected chi connectivity index (χ3v) is 4.49. The number of hydrazine groups is 1. The molecule has 2 aromatic carbocycles. The molecule has 0 aliphatic rings. The van der Waals surface area contributed by atoms with Crippen molar-refractivity contribution in [2.24, 2.45) is 0 Å². The molecule has 2 rings (SSSR count). The number of hydrogen-bond acceptors (Lipinski definition) is 4. The van der Waals surface area contributed by atoms with Crippen LogP contribution in [0.4, 0.5) is 0 Å². The molecule has 0 aliphatic carbocycles. The summed E-state index contributed by atoms with van der Waals surface area (Å²) in [4.78, 5) is 24.0. The van der Waals surface area contributed by atoms with Crippen LogP contribution in [0.25, 0.3) is 0 Å². The van der Waals surface area contributed by atoms with Crippen LogP contribution in [0.5, 0.6) is 5.75 Å². The Kier molecular flexibility index (Phi) is 7.34. The molecule has 2 amide bonds. The Bertz CT molecular complexity index is 842. The summed E-state index contributed by atoms with van der Waals surface area (Å²) in [5, 5.41) is 2.50. The highest BCUT2D eigenvalue weighted by molar-refractivity contribution is 14.1. The van der Waals surface area contributed by atoms with Gasteiger partial charge in [-0.15, -0.1) is 0 Å². The van der Waals surface area contributed by atoms with Gasteiger partial charge in [-0.1, -0.05) is 29.8 Å². The second kappa shape index (κ2) is 9.48. The van der Waals surface area contributed by atoms with Crippen molar-refractivity contribution in [3.63, 3.8) is 0 Å². The fourth-order valence-electron chi connectivity index (χ4n) is 2.11. The third-order valence-electron chi connectivity index (χ3n) is 3.35. The van der Waals surface area contributed by atoms with Crippen LogP contribution in [0.3, 0.4) is 0 Å². The number of amides is 2. The lowest BCUT2D eigenvalue weighted by Crippen LogP contribution is -2.49. The number of aryl methyl sites for hydroxylation is 2. The maximum atomic E-state index is 12.1. The molecule has 0 aromatic heterocycles. The molecule has 0 spiro atoms. The van der Waals surface area contributed by atoms with E-state index in [1.807, 2.05) is 44.2 Å². The molecule has 0 saturated heterocycles. The number of nitrogens with one attached hydrogen (secondary N) is 3. The molecule has 136 valence electrons. The van der Waals surface area contributed by atoms with Crippen molar-refractivity contribution in [2.75, 3.05) is 6.61 Å². The number of halogens is 1. The predicted molar refractivity (Wildman–Crippen MR) is 112 cm³/mol. The zero-order valence-electron chi connectivity index (χ0n) is 14.3. The molecule has 0 radical (unpaired) electrons. The van der Waals surface area contributed by atoms with Crippen LogP contribution in [0.1, 0.15) is 21.5 Å². The van der Waals surface area contributed by atoms with Gasteiger partial charge in [-0.2, -0.15) is 0 Å². The topological polar surface area (TPSA) is 79.5 Å². The Morgan fingerprint density at radius 3 is 2.54 bits per heavy atom. The smallest absolute Gasteiger partial charge is 0.276 e. The quantitative estimate of drug-likeness (QED) is 0.354. The number of ether oxygens (including phenoxy) is 1. The van der Waals surface area contributed by atoms with E-state index in [1.165, 1.54) is 0 Å². The number of benzene rings is 2. The monoisotopic (exact) mass is 483 g/mol. The van der Waals surface area contributed by atoms with Crippen molar-refractivity contribution < 1.29 is 14.3 Å². The van der Waals surface area contributed by atoms with Crippen molar-refractivity contribution in [1.82, 2.24) is 16.2 Å². The van der Waals surface area contributed by atoms with E-state index in [9.17, 15) is 9.59 Å². The molecule has 3 N–H and O–H groups in total. The van der Waals surface area contributed by atoms with E-state index in [-0.39, 0.29) is 17.6 Å². The van der Waals surface area contributed by atoms with Crippen LogP contribution in [0.15, 0.2) is 42.5 Å². The molecule has 0 atom stereocenters. The van der Waals surface area contributed by atoms with E-state index in [0.717, 1.165) is 14.7 Å². The number of rotatable bonds is 4. The highest BCUT2D eigenvalue weighted by atomic mass is 127. The van der Waals surface area contributed by atoms with Gasteiger partial charge in [-0.25, -0.2) is 0 Å². The molecular formula is C18H18IN3O3S. The Morgan fingerprint density at radius 2 is 1.85 bits per heavy atom. The van der Waals surface area contributed by atoms with Gasteiger partial charge in [0.2, 0.25) is 0 Å². The SMILES string of the molecule is Cc1ccc(OCC(=O)NNC(=S)NC(=O)c2ccccc2I)c(C)c1. The third kappa shape index (κ3) is 5.95. The van der Waals surface area contributed by atoms with Gasteiger partial charge >= 0.3 is 0 Å². The van der Waals surface area contributed by atoms with Crippen LogP contribution in [0, 0.1) is 17.4 Å². The first kappa shape index (κ1) is 20.1. The second-order valence-corrected chi connectivity index (χ2v) is 7.06. The molecular weight excluding hydrogens is 465 g/mol. The second-order valence-electron chi connectivity index (χ2n) is 5.49. The van der Waals surface area contributed by atoms with Crippen molar-refractivity contribution in [2.45, 2.75) is 13.8 Å². The largest absolute Gasteiger partial charge is 0.483 e. The fraction of sp³-hybridized carbons (Fsp3) is 0.167. The first-order valence-electron chi connectivity index (χ1n) is 7.71. The van der Waals surface area contributed by atoms with Crippen molar-refractivity contribution in [3.05, 3.63) is 62.7 Å². The maximum absolute atomic E-state index is 12.1. The van der Waals surface area contributed by atoms with Gasteiger partial charge in [-0.3, -0.25) is 25.8 Å². The van der Waals surface area contributed by atoms with Gasteiger partial charge in [0, 0.05) is 3.57 Å². The van der Waals surface area contributed by atoms with Crippen LogP contribution in [-0.2, 0) is 4.79 Å². The van der Waals surface area contributed by atoms with E-state index >= 15 is 0 Å². The zero-order chi connectivity index (χ0) is 19.1. The summed E-state index contributed by atoms with van der Waals surface area (Å²) in [6.45, 7) is 3.72. The zero-order valence-corrected chi connectivity index (χ0v) is 17.2. The van der Waals surface area contributed by atoms with E-state index in [0.29, 0.717) is 11.3 Å². The summed E-state index contributed by atoms with van der Waals surface area (Å²) in [7, 11) is 0. The van der Waals surface area contributed by atoms with Gasteiger partial charge in [-0.05, 0) is 72.4 Å². The maximum Gasteiger partial charge on any atom is 0.276 e. The van der Waals surface area contributed by atoms with Crippen molar-refractivity contribution in [1.29, 1.82) is 0 Å². The minimum atomic E-state index is -0.420. The number of carbonyl (C=O) groups excluding carboxylic acids is 2. The Morgan fingerprint density at radius 1 is 1.12 bits per heavy atom. The van der Waals surface area contributed by atoms with Crippen molar-refractivity contribution >= 4 is 51.7 Å². The molecule has 2 aromatic rings. The highest BCUT2D eigenvalue weighted by Crippen LogP contribution is 2.18. The Hall–Kier alpha value is -2.20. The lowest BCUT2D eigenvalue weighted by atomic mass is 10.1. The molecule has 0 aliphatic heterocycles. The first-order valence-corrected chi connectivity index (χ1v) is 9.20. The normalized spacial score (nSPS) is 9.96. The van der Waals surface area contributed by atoms with Crippen LogP contribution in [-0.4, -0.2) is 23.5 Å². The molecule has 0 unspecified atom stereocenters. The molecule has 26 heavy (non-hydrogen) atoms. The lowest BCUT2D eigenvalue weighted by Gasteiger charge is -2.13. The van der Waals surface area contributed by atoms with Crippen LogP contribution >= 0.6 is 34.8 Å². The molecule has 8 heteroatoms. The summed E-state index contributed by atoms with van der Waals surface area (Å²) in [6, 6.07) is 12.8. The van der Waals surface area contributed by atoms with Crippen LogP contribution < -0.4 is 20.9 Å². The molecule has 0 bridgehead atoms. The van der Waals surface area contributed by atoms with Crippen LogP contribution in [0.2, 0.25) is 0 Å². The van der Waals surface area contributed by atoms with Gasteiger partial charge in [0.05, 0.1) is 5.56 Å². The lowest BCUT2D eigenvalue weighted by molar-refractivity contribution is -0.123. The van der Waals surface area contributed by atoms with Gasteiger partial charge in [0.1, 0.15) is 5.75 Å². The van der Waals surface area contributed by atoms with E-state index in [2.05, 4.69) is 38.8 Å². The predicted octanol–water partition coefficient (Wildman–Crippen LogP) is 2.62. The van der Waals surface area contributed by atoms with Gasteiger partial charge < -0.3 is 4.74 Å². The fourth-order valence-corrected chi connectivity index (χ4v) is 2.89. The molecule has 0 saturated carbocycles.